The number of hydrogen-bond acceptors (Lipinski definition) is 16. The van der Waals surface area contributed by atoms with Crippen molar-refractivity contribution in [2.45, 2.75) is 219 Å². The number of urea groups is 1. The number of aromatic nitrogens is 1. The average molecular weight is 1390 g/mol. The molecule has 10 atom stereocenters. The second kappa shape index (κ2) is 40.1. The van der Waals surface area contributed by atoms with Crippen LogP contribution in [0.2, 0.25) is 0 Å². The minimum absolute atomic E-state index is 0.00276. The molecule has 0 radical (unpaired) electrons. The van der Waals surface area contributed by atoms with Gasteiger partial charge in [-0.15, -0.1) is 11.3 Å². The Morgan fingerprint density at radius 2 is 1.40 bits per heavy atom. The molecule has 1 saturated carbocycles. The fraction of sp³-hybridized carbons (Fsp3) is 0.632. The maximum atomic E-state index is 15.2. The molecule has 22 nitrogen and oxygen atoms in total. The zero-order valence-electron chi connectivity index (χ0n) is 60.2. The van der Waals surface area contributed by atoms with Gasteiger partial charge in [0.25, 0.3) is 0 Å². The van der Waals surface area contributed by atoms with Gasteiger partial charge in [-0.25, -0.2) is 14.6 Å². The van der Waals surface area contributed by atoms with Crippen LogP contribution in [0.25, 0.3) is 0 Å². The van der Waals surface area contributed by atoms with Crippen molar-refractivity contribution in [2.24, 2.45) is 53.1 Å². The zero-order valence-corrected chi connectivity index (χ0v) is 61.0. The third-order valence-corrected chi connectivity index (χ3v) is 21.2. The number of primary amides is 1. The van der Waals surface area contributed by atoms with E-state index in [1.165, 1.54) is 24.1 Å². The van der Waals surface area contributed by atoms with Crippen LogP contribution in [0, 0.1) is 47.3 Å². The van der Waals surface area contributed by atoms with Crippen molar-refractivity contribution in [3.63, 3.8) is 0 Å². The number of nitrogens with one attached hydrogen (secondary N) is 3. The second-order valence-corrected chi connectivity index (χ2v) is 29.4. The molecule has 6 rings (SSSR count). The van der Waals surface area contributed by atoms with E-state index in [0.717, 1.165) is 49.1 Å². The molecule has 1 aromatic heterocycles. The molecule has 0 spiro atoms. The number of amides is 7. The van der Waals surface area contributed by atoms with E-state index in [9.17, 15) is 47.9 Å². The maximum absolute atomic E-state index is 15.2. The molecule has 0 bridgehead atoms. The molecule has 7 amide bonds. The lowest BCUT2D eigenvalue weighted by atomic mass is 9.79. The molecule has 99 heavy (non-hydrogen) atoms. The lowest BCUT2D eigenvalue weighted by Gasteiger charge is -2.43. The Balaban J connectivity index is 1.05. The molecular weight excluding hydrogens is 1280 g/mol. The molecule has 23 heteroatoms. The van der Waals surface area contributed by atoms with Crippen LogP contribution in [0.5, 0.6) is 0 Å². The van der Waals surface area contributed by atoms with E-state index in [1.54, 1.807) is 81.8 Å². The highest BCUT2D eigenvalue weighted by Crippen LogP contribution is 2.37. The van der Waals surface area contributed by atoms with Crippen LogP contribution < -0.4 is 21.7 Å². The van der Waals surface area contributed by atoms with Crippen LogP contribution in [0.15, 0.2) is 78.3 Å². The Kier molecular flexibility index (Phi) is 32.6. The Hall–Kier alpha value is -7.50. The van der Waals surface area contributed by atoms with Gasteiger partial charge in [0.2, 0.25) is 23.6 Å². The highest BCUT2D eigenvalue weighted by molar-refractivity contribution is 7.09. The van der Waals surface area contributed by atoms with E-state index >= 15 is 4.79 Å². The number of carbonyl (C=O) groups is 11. The normalized spacial score (nSPS) is 17.9. The summed E-state index contributed by atoms with van der Waals surface area (Å²) < 4.78 is 18.2. The van der Waals surface area contributed by atoms with Crippen LogP contribution in [0.1, 0.15) is 186 Å². The van der Waals surface area contributed by atoms with Crippen LogP contribution in [0.4, 0.5) is 15.3 Å². The number of likely N-dealkylation sites (N-methyl/N-ethyl adjacent to an activating group) is 2. The van der Waals surface area contributed by atoms with Crippen molar-refractivity contribution < 1.29 is 67.0 Å². The minimum Gasteiger partial charge on any atom is -0.445 e. The molecule has 1 unspecified atom stereocenters. The smallest absolute Gasteiger partial charge is 0.410 e. The highest BCUT2D eigenvalue weighted by atomic mass is 32.1. The van der Waals surface area contributed by atoms with Gasteiger partial charge in [0.1, 0.15) is 12.4 Å². The molecule has 3 aliphatic rings. The standard InChI is InChI=1S/C76H110N8O14S/c1-47(2)58(74(93)82(8)70(53-25-17-13-18-26-53)65(96-10)45-67(91)84-39-22-29-59(84)71(97-11)50(7)62(87)43-55(73-78-38-40-99-73)41-51-23-15-12-16-24-51)44-64(89)69(49(5)6)83(9)76(95)98-46-52-31-33-56(34-32-52)80-72(92)54(27-21-37-79-75(77)94)42-63(88)68(48(3)4)81-66(90)30-20-14-19-28-57-60(85)35-36-61(57)86/h12,15-16,23-24,31-36,38,40,47-50,53-55,57-59,65,68-71H,13-14,17-22,25-30,37,39,41-46H2,1-11H3,(H,80,92)(H,81,90)(H3,77,79,94)/t50-,54?,55+,58-,59-,65+,68-,69-,70-,71+/m0/s1. The van der Waals surface area contributed by atoms with Crippen molar-refractivity contribution in [3.8, 4) is 0 Å². The number of methoxy groups -OCH3 is 2. The third kappa shape index (κ3) is 23.8. The fourth-order valence-corrected chi connectivity index (χ4v) is 15.5. The highest BCUT2D eigenvalue weighted by Gasteiger charge is 2.45. The summed E-state index contributed by atoms with van der Waals surface area (Å²) in [6, 6.07) is 13.3. The van der Waals surface area contributed by atoms with Crippen LogP contribution in [-0.4, -0.2) is 162 Å². The lowest BCUT2D eigenvalue weighted by Crippen LogP contribution is -2.55. The first kappa shape index (κ1) is 80.5. The van der Waals surface area contributed by atoms with E-state index in [2.05, 4.69) is 33.1 Å². The van der Waals surface area contributed by atoms with E-state index in [4.69, 9.17) is 19.9 Å². The fourth-order valence-electron chi connectivity index (χ4n) is 14.7. The third-order valence-electron chi connectivity index (χ3n) is 20.3. The molecule has 2 aliphatic carbocycles. The molecule has 5 N–H and O–H groups in total. The predicted molar refractivity (Wildman–Crippen MR) is 380 cm³/mol. The summed E-state index contributed by atoms with van der Waals surface area (Å²) >= 11 is 1.54. The number of nitrogens with two attached hydrogens (primary N) is 1. The number of rotatable bonds is 41. The van der Waals surface area contributed by atoms with Gasteiger partial charge in [-0.2, -0.15) is 0 Å². The number of benzene rings is 2. The van der Waals surface area contributed by atoms with Gasteiger partial charge in [0.15, 0.2) is 23.1 Å². The van der Waals surface area contributed by atoms with Gasteiger partial charge in [-0.05, 0) is 117 Å². The molecular formula is C76H110N8O14S. The molecule has 2 aromatic carbocycles. The number of allylic oxidation sites excluding steroid dienone is 2. The second-order valence-electron chi connectivity index (χ2n) is 28.5. The van der Waals surface area contributed by atoms with E-state index in [1.807, 2.05) is 63.1 Å². The van der Waals surface area contributed by atoms with Crippen molar-refractivity contribution in [3.05, 3.63) is 94.5 Å². The summed E-state index contributed by atoms with van der Waals surface area (Å²) in [6.45, 7) is 13.5. The Morgan fingerprint density at radius 1 is 0.717 bits per heavy atom. The zero-order chi connectivity index (χ0) is 72.5. The number of thiazole rings is 1. The van der Waals surface area contributed by atoms with Gasteiger partial charge in [0.05, 0.1) is 53.7 Å². The van der Waals surface area contributed by atoms with Crippen molar-refractivity contribution in [1.29, 1.82) is 0 Å². The van der Waals surface area contributed by atoms with E-state index in [0.29, 0.717) is 62.7 Å². The molecule has 1 aliphatic heterocycles. The summed E-state index contributed by atoms with van der Waals surface area (Å²) in [4.78, 5) is 159. The van der Waals surface area contributed by atoms with Crippen LogP contribution >= 0.6 is 11.3 Å². The van der Waals surface area contributed by atoms with Gasteiger partial charge in [0, 0.05) is 108 Å². The Bertz CT molecular complexity index is 3170. The summed E-state index contributed by atoms with van der Waals surface area (Å²) in [5, 5.41) is 11.1. The number of likely N-dealkylation sites (tertiary alicyclic amines) is 1. The van der Waals surface area contributed by atoms with Gasteiger partial charge >= 0.3 is 12.1 Å². The quantitative estimate of drug-likeness (QED) is 0.0303. The Labute approximate surface area is 589 Å². The van der Waals surface area contributed by atoms with Crippen LogP contribution in [-0.2, 0) is 70.4 Å². The van der Waals surface area contributed by atoms with Crippen molar-refractivity contribution in [2.75, 3.05) is 46.7 Å². The topological polar surface area (TPSA) is 300 Å². The number of anilines is 1. The van der Waals surface area contributed by atoms with E-state index < -0.39 is 72.0 Å². The van der Waals surface area contributed by atoms with Gasteiger partial charge in [-0.1, -0.05) is 123 Å². The number of nitrogens with zero attached hydrogens (tertiary/aromatic N) is 4. The maximum Gasteiger partial charge on any atom is 0.410 e. The number of unbranched alkanes of at least 4 members (excludes halogenated alkanes) is 2. The number of hydrogen-bond donors (Lipinski definition) is 4. The number of ether oxygens (including phenoxy) is 3. The largest absolute Gasteiger partial charge is 0.445 e. The monoisotopic (exact) mass is 1390 g/mol. The molecule has 1 saturated heterocycles. The first-order chi connectivity index (χ1) is 47.2. The molecule has 2 fully saturated rings. The molecule has 544 valence electrons. The van der Waals surface area contributed by atoms with Gasteiger partial charge < -0.3 is 50.6 Å². The summed E-state index contributed by atoms with van der Waals surface area (Å²) in [5.41, 5.74) is 7.37. The van der Waals surface area contributed by atoms with Gasteiger partial charge in [-0.3, -0.25) is 43.2 Å². The summed E-state index contributed by atoms with van der Waals surface area (Å²) in [6.07, 6.45) is 11.8. The van der Waals surface area contributed by atoms with Crippen molar-refractivity contribution in [1.82, 2.24) is 30.3 Å². The van der Waals surface area contributed by atoms with Crippen molar-refractivity contribution >= 4 is 81.7 Å². The molecule has 3 aromatic rings. The number of carbonyl (C=O) groups excluding carboxylic acids is 11. The lowest BCUT2D eigenvalue weighted by molar-refractivity contribution is -0.150. The van der Waals surface area contributed by atoms with Crippen LogP contribution in [0.3, 0.4) is 0 Å². The summed E-state index contributed by atoms with van der Waals surface area (Å²) in [5.74, 6) is -5.99. The summed E-state index contributed by atoms with van der Waals surface area (Å²) in [7, 11) is 6.45. The molecule has 2 heterocycles. The Morgan fingerprint density at radius 3 is 2.01 bits per heavy atom. The number of ketones is 5. The predicted octanol–water partition coefficient (Wildman–Crippen LogP) is 10.8. The average Bonchev–Trinajstić information content (AvgIpc) is 1.76. The number of Topliss-reactive ketones (excluding diaryl/α,β-unsaturated/α-hetero) is 3. The first-order valence-electron chi connectivity index (χ1n) is 35.8. The van der Waals surface area contributed by atoms with E-state index in [-0.39, 0.29) is 134 Å². The first-order valence-corrected chi connectivity index (χ1v) is 36.6. The minimum atomic E-state index is -0.953. The SMILES string of the molecule is CO[C@H]([C@@H](C)C(=O)C[C@@H](Cc1ccccc1)c1nccs1)[C@@H]1CCCN1C(=O)C[C@@H](OC)[C@H](C1CCCCC1)N(C)C(=O)[C@@H](CC(=O)[C@H](C(C)C)N(C)C(=O)OCc1ccc(NC(=O)C(CCCNC(N)=O)CC(=O)[C@@H](NC(=O)CCCCCC2C(=O)C=CC2=O)C(C)C)cc1)C(C)C.